The minimum Gasteiger partial charge on any atom is -0.349 e. The van der Waals surface area contributed by atoms with Gasteiger partial charge in [0.05, 0.1) is 29.3 Å². The van der Waals surface area contributed by atoms with Gasteiger partial charge in [-0.1, -0.05) is 32.0 Å². The quantitative estimate of drug-likeness (QED) is 0.622. The van der Waals surface area contributed by atoms with Gasteiger partial charge in [0.25, 0.3) is 0 Å². The number of aromatic amines is 1. The summed E-state index contributed by atoms with van der Waals surface area (Å²) in [7, 11) is 0. The maximum absolute atomic E-state index is 12.9. The minimum absolute atomic E-state index is 0.00730. The van der Waals surface area contributed by atoms with Crippen LogP contribution < -0.4 is 5.32 Å². The van der Waals surface area contributed by atoms with Crippen LogP contribution in [0.1, 0.15) is 79.3 Å². The zero-order valence-corrected chi connectivity index (χ0v) is 19.4. The largest absolute Gasteiger partial charge is 0.349 e. The Kier molecular flexibility index (Phi) is 5.39. The lowest BCUT2D eigenvalue weighted by atomic mass is 9.74. The van der Waals surface area contributed by atoms with Crippen molar-refractivity contribution in [1.29, 1.82) is 0 Å². The highest BCUT2D eigenvalue weighted by atomic mass is 16.1. The van der Waals surface area contributed by atoms with E-state index in [9.17, 15) is 4.79 Å². The number of rotatable bonds is 5. The molecular weight excluding hydrogens is 398 g/mol. The van der Waals surface area contributed by atoms with Crippen LogP contribution in [-0.4, -0.2) is 25.9 Å². The van der Waals surface area contributed by atoms with Crippen molar-refractivity contribution in [2.45, 2.75) is 78.2 Å². The number of nitrogens with one attached hydrogen (secondary N) is 2. The van der Waals surface area contributed by atoms with Crippen LogP contribution in [0.3, 0.4) is 0 Å². The molecule has 2 N–H and O–H groups in total. The van der Waals surface area contributed by atoms with E-state index in [2.05, 4.69) is 65.2 Å². The van der Waals surface area contributed by atoms with E-state index in [1.807, 2.05) is 6.20 Å². The van der Waals surface area contributed by atoms with Crippen LogP contribution in [0, 0.1) is 12.3 Å². The van der Waals surface area contributed by atoms with Gasteiger partial charge in [-0.3, -0.25) is 9.89 Å². The summed E-state index contributed by atoms with van der Waals surface area (Å²) in [6.07, 6.45) is 9.60. The zero-order chi connectivity index (χ0) is 22.3. The first-order valence-corrected chi connectivity index (χ1v) is 11.9. The second kappa shape index (κ2) is 8.23. The van der Waals surface area contributed by atoms with Crippen molar-refractivity contribution in [2.75, 3.05) is 0 Å². The smallest absolute Gasteiger partial charge is 0.220 e. The number of carbonyl (C=O) groups is 1. The van der Waals surface area contributed by atoms with Crippen LogP contribution in [0.15, 0.2) is 30.5 Å². The Hall–Kier alpha value is -2.89. The topological polar surface area (TPSA) is 75.6 Å². The SMILES string of the molecule is Cc1ccccc1-n1ncc2c1CC(C)(C)CC2NC(=O)CCc1n[nH]c2c1CCCC2. The van der Waals surface area contributed by atoms with E-state index in [0.717, 1.165) is 42.6 Å². The van der Waals surface area contributed by atoms with Gasteiger partial charge in [-0.25, -0.2) is 4.68 Å². The van der Waals surface area contributed by atoms with Crippen LogP contribution in [0.25, 0.3) is 5.69 Å². The van der Waals surface area contributed by atoms with Gasteiger partial charge < -0.3 is 5.32 Å². The van der Waals surface area contributed by atoms with Crippen LogP contribution in [0.2, 0.25) is 0 Å². The summed E-state index contributed by atoms with van der Waals surface area (Å²) in [5.41, 5.74) is 8.46. The summed E-state index contributed by atoms with van der Waals surface area (Å²) < 4.78 is 2.07. The summed E-state index contributed by atoms with van der Waals surface area (Å²) in [5, 5.41) is 15.7. The highest BCUT2D eigenvalue weighted by molar-refractivity contribution is 5.76. The van der Waals surface area contributed by atoms with Gasteiger partial charge in [-0.15, -0.1) is 0 Å². The molecule has 6 nitrogen and oxygen atoms in total. The van der Waals surface area contributed by atoms with E-state index >= 15 is 0 Å². The fourth-order valence-electron chi connectivity index (χ4n) is 5.43. The molecule has 0 saturated heterocycles. The van der Waals surface area contributed by atoms with Crippen molar-refractivity contribution in [3.63, 3.8) is 0 Å². The Morgan fingerprint density at radius 1 is 1.25 bits per heavy atom. The van der Waals surface area contributed by atoms with E-state index < -0.39 is 0 Å². The number of H-pyrrole nitrogens is 1. The molecule has 3 aromatic rings. The van der Waals surface area contributed by atoms with E-state index in [-0.39, 0.29) is 17.4 Å². The van der Waals surface area contributed by atoms with Gasteiger partial charge in [0, 0.05) is 24.1 Å². The Balaban J connectivity index is 1.33. The summed E-state index contributed by atoms with van der Waals surface area (Å²) in [5.74, 6) is 0.0925. The molecule has 6 heteroatoms. The Morgan fingerprint density at radius 2 is 2.06 bits per heavy atom. The highest BCUT2D eigenvalue weighted by Gasteiger charge is 2.36. The van der Waals surface area contributed by atoms with Gasteiger partial charge in [0.1, 0.15) is 0 Å². The minimum atomic E-state index is -0.00730. The molecular formula is C26H33N5O. The van der Waals surface area contributed by atoms with E-state index in [0.29, 0.717) is 12.8 Å². The average Bonchev–Trinajstić information content (AvgIpc) is 3.36. The molecule has 1 unspecified atom stereocenters. The molecule has 0 radical (unpaired) electrons. The number of fused-ring (bicyclic) bond motifs is 2. The van der Waals surface area contributed by atoms with Gasteiger partial charge in [0.15, 0.2) is 0 Å². The van der Waals surface area contributed by atoms with Crippen LogP contribution >= 0.6 is 0 Å². The van der Waals surface area contributed by atoms with Crippen molar-refractivity contribution >= 4 is 5.91 Å². The van der Waals surface area contributed by atoms with E-state index in [1.165, 1.54) is 35.4 Å². The number of nitrogens with zero attached hydrogens (tertiary/aromatic N) is 3. The lowest BCUT2D eigenvalue weighted by Crippen LogP contribution is -2.37. The number of benzene rings is 1. The van der Waals surface area contributed by atoms with Crippen LogP contribution in [-0.2, 0) is 30.5 Å². The number of hydrogen-bond donors (Lipinski definition) is 2. The van der Waals surface area contributed by atoms with Crippen LogP contribution in [0.4, 0.5) is 0 Å². The number of aromatic nitrogens is 4. The molecule has 0 bridgehead atoms. The molecule has 2 aliphatic carbocycles. The summed E-state index contributed by atoms with van der Waals surface area (Å²) >= 11 is 0. The zero-order valence-electron chi connectivity index (χ0n) is 19.4. The number of para-hydroxylation sites is 1. The molecule has 168 valence electrons. The van der Waals surface area contributed by atoms with Crippen molar-refractivity contribution in [3.05, 3.63) is 64.2 Å². The van der Waals surface area contributed by atoms with Gasteiger partial charge >= 0.3 is 0 Å². The molecule has 5 rings (SSSR count). The standard InChI is InChI=1S/C26H33N5O/c1-17-8-4-7-11-23(17)31-24-15-26(2,3)14-22(19(24)16-27-31)28-25(32)13-12-21-18-9-5-6-10-20(18)29-30-21/h4,7-8,11,16,22H,5-6,9-10,12-15H2,1-3H3,(H,28,32)(H,29,30). The molecule has 0 spiro atoms. The average molecular weight is 432 g/mol. The first kappa shape index (κ1) is 21.0. The molecule has 2 aliphatic rings. The first-order chi connectivity index (χ1) is 15.4. The lowest BCUT2D eigenvalue weighted by molar-refractivity contribution is -0.122. The van der Waals surface area contributed by atoms with Crippen molar-refractivity contribution in [2.24, 2.45) is 5.41 Å². The summed E-state index contributed by atoms with van der Waals surface area (Å²) in [6, 6.07) is 8.33. The lowest BCUT2D eigenvalue weighted by Gasteiger charge is -2.36. The predicted octanol–water partition coefficient (Wildman–Crippen LogP) is 4.55. The maximum atomic E-state index is 12.9. The van der Waals surface area contributed by atoms with E-state index in [4.69, 9.17) is 5.10 Å². The molecule has 1 aromatic carbocycles. The number of amides is 1. The third-order valence-corrected chi connectivity index (χ3v) is 7.09. The summed E-state index contributed by atoms with van der Waals surface area (Å²) in [4.78, 5) is 12.9. The Morgan fingerprint density at radius 3 is 2.91 bits per heavy atom. The molecule has 32 heavy (non-hydrogen) atoms. The van der Waals surface area contributed by atoms with Crippen molar-refractivity contribution in [1.82, 2.24) is 25.3 Å². The monoisotopic (exact) mass is 431 g/mol. The van der Waals surface area contributed by atoms with E-state index in [1.54, 1.807) is 0 Å². The first-order valence-electron chi connectivity index (χ1n) is 11.9. The molecule has 1 atom stereocenters. The fraction of sp³-hybridized carbons (Fsp3) is 0.500. The number of hydrogen-bond acceptors (Lipinski definition) is 3. The third-order valence-electron chi connectivity index (χ3n) is 7.09. The number of carbonyl (C=O) groups excluding carboxylic acids is 1. The fourth-order valence-corrected chi connectivity index (χ4v) is 5.43. The van der Waals surface area contributed by atoms with Gasteiger partial charge in [-0.05, 0) is 68.1 Å². The van der Waals surface area contributed by atoms with Crippen molar-refractivity contribution in [3.8, 4) is 5.69 Å². The molecule has 0 saturated carbocycles. The van der Waals surface area contributed by atoms with Crippen molar-refractivity contribution < 1.29 is 4.79 Å². The Labute approximate surface area is 189 Å². The molecule has 2 aromatic heterocycles. The third kappa shape index (κ3) is 3.98. The molecule has 2 heterocycles. The normalized spacial score (nSPS) is 19.3. The Bertz CT molecular complexity index is 1140. The second-order valence-corrected chi connectivity index (χ2v) is 10.2. The highest BCUT2D eigenvalue weighted by Crippen LogP contribution is 2.41. The second-order valence-electron chi connectivity index (χ2n) is 10.2. The molecule has 0 fully saturated rings. The van der Waals surface area contributed by atoms with Crippen LogP contribution in [0.5, 0.6) is 0 Å². The van der Waals surface area contributed by atoms with Gasteiger partial charge in [0.2, 0.25) is 5.91 Å². The molecule has 0 aliphatic heterocycles. The maximum Gasteiger partial charge on any atom is 0.220 e. The van der Waals surface area contributed by atoms with Gasteiger partial charge in [-0.2, -0.15) is 10.2 Å². The summed E-state index contributed by atoms with van der Waals surface area (Å²) in [6.45, 7) is 6.67. The number of aryl methyl sites for hydroxylation is 3. The predicted molar refractivity (Wildman–Crippen MR) is 125 cm³/mol. The molecule has 1 amide bonds.